The standard InChI is InChI=1S/C22H27N5O3/c1-14-17(15(2)27-22(25-14)23-13-24-27)8-9-20(28)26-11-10-16(12-26)18-6-5-7-19(29-3)21(18)30-4/h5-7,13,16H,8-12H2,1-4H3. The minimum absolute atomic E-state index is 0.164. The SMILES string of the molecule is COc1cccc(C2CCN(C(=O)CCc3c(C)nc4ncnn4c3C)C2)c1OC. The number of hydrogen-bond donors (Lipinski definition) is 0. The van der Waals surface area contributed by atoms with Crippen LogP contribution in [0.3, 0.4) is 0 Å². The van der Waals surface area contributed by atoms with Crippen LogP contribution in [0.4, 0.5) is 0 Å². The second-order valence-corrected chi connectivity index (χ2v) is 7.64. The van der Waals surface area contributed by atoms with E-state index in [9.17, 15) is 4.79 Å². The molecule has 0 bridgehead atoms. The van der Waals surface area contributed by atoms with Gasteiger partial charge in [0.05, 0.1) is 14.2 Å². The predicted octanol–water partition coefficient (Wildman–Crippen LogP) is 2.71. The van der Waals surface area contributed by atoms with Crippen LogP contribution in [0.2, 0.25) is 0 Å². The Balaban J connectivity index is 1.44. The van der Waals surface area contributed by atoms with Crippen molar-refractivity contribution < 1.29 is 14.3 Å². The molecule has 1 aliphatic rings. The summed E-state index contributed by atoms with van der Waals surface area (Å²) in [5.41, 5.74) is 4.05. The molecule has 1 amide bonds. The van der Waals surface area contributed by atoms with Crippen molar-refractivity contribution in [3.05, 3.63) is 47.0 Å². The molecule has 4 rings (SSSR count). The van der Waals surface area contributed by atoms with Crippen LogP contribution in [0.15, 0.2) is 24.5 Å². The van der Waals surface area contributed by atoms with E-state index in [2.05, 4.69) is 21.1 Å². The van der Waals surface area contributed by atoms with Crippen LogP contribution in [-0.4, -0.2) is 57.7 Å². The molecule has 3 aromatic rings. The molecule has 8 heteroatoms. The molecule has 1 saturated heterocycles. The fraction of sp³-hybridized carbons (Fsp3) is 0.455. The summed E-state index contributed by atoms with van der Waals surface area (Å²) in [5, 5.41) is 4.22. The van der Waals surface area contributed by atoms with Crippen molar-refractivity contribution in [1.82, 2.24) is 24.5 Å². The van der Waals surface area contributed by atoms with Gasteiger partial charge in [0.1, 0.15) is 6.33 Å². The summed E-state index contributed by atoms with van der Waals surface area (Å²) in [7, 11) is 3.30. The third-order valence-corrected chi connectivity index (χ3v) is 5.99. The summed E-state index contributed by atoms with van der Waals surface area (Å²) < 4.78 is 12.7. The highest BCUT2D eigenvalue weighted by molar-refractivity contribution is 5.77. The molecule has 1 aliphatic heterocycles. The largest absolute Gasteiger partial charge is 0.493 e. The third-order valence-electron chi connectivity index (χ3n) is 5.99. The highest BCUT2D eigenvalue weighted by Gasteiger charge is 2.30. The van der Waals surface area contributed by atoms with E-state index < -0.39 is 0 Å². The number of rotatable bonds is 6. The molecule has 2 aromatic heterocycles. The van der Waals surface area contributed by atoms with E-state index in [1.54, 1.807) is 18.7 Å². The molecular formula is C22H27N5O3. The Bertz CT molecular complexity index is 1080. The first kappa shape index (κ1) is 20.1. The molecule has 8 nitrogen and oxygen atoms in total. The van der Waals surface area contributed by atoms with Gasteiger partial charge in [-0.05, 0) is 38.3 Å². The maximum absolute atomic E-state index is 12.9. The van der Waals surface area contributed by atoms with Gasteiger partial charge in [0.25, 0.3) is 5.78 Å². The van der Waals surface area contributed by atoms with Crippen LogP contribution in [0.1, 0.15) is 41.3 Å². The number of carbonyl (C=O) groups is 1. The van der Waals surface area contributed by atoms with Gasteiger partial charge in [0.15, 0.2) is 11.5 Å². The molecule has 0 N–H and O–H groups in total. The average Bonchev–Trinajstić information content (AvgIpc) is 3.42. The average molecular weight is 409 g/mol. The molecule has 0 aliphatic carbocycles. The highest BCUT2D eigenvalue weighted by Crippen LogP contribution is 2.39. The third kappa shape index (κ3) is 3.58. The number of para-hydroxylation sites is 1. The van der Waals surface area contributed by atoms with E-state index in [4.69, 9.17) is 9.47 Å². The molecular weight excluding hydrogens is 382 g/mol. The Kier molecular flexibility index (Phi) is 5.57. The van der Waals surface area contributed by atoms with Crippen molar-refractivity contribution in [2.24, 2.45) is 0 Å². The number of ether oxygens (including phenoxy) is 2. The summed E-state index contributed by atoms with van der Waals surface area (Å²) >= 11 is 0. The second kappa shape index (κ2) is 8.30. The maximum atomic E-state index is 12.9. The van der Waals surface area contributed by atoms with E-state index in [-0.39, 0.29) is 11.8 Å². The summed E-state index contributed by atoms with van der Waals surface area (Å²) in [6.45, 7) is 5.41. The molecule has 1 aromatic carbocycles. The minimum atomic E-state index is 0.164. The van der Waals surface area contributed by atoms with Crippen LogP contribution in [0.5, 0.6) is 11.5 Å². The zero-order chi connectivity index (χ0) is 21.3. The van der Waals surface area contributed by atoms with Crippen LogP contribution in [-0.2, 0) is 11.2 Å². The van der Waals surface area contributed by atoms with Crippen molar-refractivity contribution in [1.29, 1.82) is 0 Å². The molecule has 0 saturated carbocycles. The monoisotopic (exact) mass is 409 g/mol. The first-order chi connectivity index (χ1) is 14.5. The Hall–Kier alpha value is -3.16. The normalized spacial score (nSPS) is 16.3. The van der Waals surface area contributed by atoms with E-state index in [0.29, 0.717) is 25.2 Å². The van der Waals surface area contributed by atoms with Gasteiger partial charge in [-0.1, -0.05) is 12.1 Å². The Labute approximate surface area is 175 Å². The predicted molar refractivity (Wildman–Crippen MR) is 112 cm³/mol. The summed E-state index contributed by atoms with van der Waals surface area (Å²) in [6, 6.07) is 5.93. The molecule has 1 atom stereocenters. The van der Waals surface area contributed by atoms with Crippen molar-refractivity contribution >= 4 is 11.7 Å². The Morgan fingerprint density at radius 3 is 2.83 bits per heavy atom. The zero-order valence-corrected chi connectivity index (χ0v) is 17.9. The molecule has 0 radical (unpaired) electrons. The molecule has 1 fully saturated rings. The molecule has 3 heterocycles. The molecule has 30 heavy (non-hydrogen) atoms. The van der Waals surface area contributed by atoms with Gasteiger partial charge in [-0.2, -0.15) is 10.1 Å². The smallest absolute Gasteiger partial charge is 0.252 e. The first-order valence-electron chi connectivity index (χ1n) is 10.2. The van der Waals surface area contributed by atoms with E-state index in [0.717, 1.165) is 47.0 Å². The van der Waals surface area contributed by atoms with Crippen LogP contribution in [0, 0.1) is 13.8 Å². The Morgan fingerprint density at radius 1 is 1.23 bits per heavy atom. The first-order valence-corrected chi connectivity index (χ1v) is 10.2. The topological polar surface area (TPSA) is 81.9 Å². The van der Waals surface area contributed by atoms with Gasteiger partial charge in [-0.25, -0.2) is 9.50 Å². The van der Waals surface area contributed by atoms with Crippen molar-refractivity contribution in [3.63, 3.8) is 0 Å². The molecule has 1 unspecified atom stereocenters. The van der Waals surface area contributed by atoms with Gasteiger partial charge in [-0.15, -0.1) is 0 Å². The second-order valence-electron chi connectivity index (χ2n) is 7.64. The minimum Gasteiger partial charge on any atom is -0.493 e. The number of likely N-dealkylation sites (tertiary alicyclic amines) is 1. The van der Waals surface area contributed by atoms with E-state index in [1.807, 2.05) is 30.9 Å². The van der Waals surface area contributed by atoms with E-state index in [1.165, 1.54) is 6.33 Å². The number of nitrogens with zero attached hydrogens (tertiary/aromatic N) is 5. The number of aryl methyl sites for hydroxylation is 2. The molecule has 158 valence electrons. The lowest BCUT2D eigenvalue weighted by Crippen LogP contribution is -2.29. The Morgan fingerprint density at radius 2 is 2.07 bits per heavy atom. The van der Waals surface area contributed by atoms with Gasteiger partial charge in [0, 0.05) is 42.4 Å². The van der Waals surface area contributed by atoms with Crippen molar-refractivity contribution in [3.8, 4) is 11.5 Å². The van der Waals surface area contributed by atoms with Crippen LogP contribution >= 0.6 is 0 Å². The number of hydrogen-bond acceptors (Lipinski definition) is 6. The summed E-state index contributed by atoms with van der Waals surface area (Å²) in [6.07, 6.45) is 3.51. The van der Waals surface area contributed by atoms with Gasteiger partial charge < -0.3 is 14.4 Å². The van der Waals surface area contributed by atoms with Gasteiger partial charge in [0.2, 0.25) is 5.91 Å². The lowest BCUT2D eigenvalue weighted by atomic mass is 9.97. The summed E-state index contributed by atoms with van der Waals surface area (Å²) in [4.78, 5) is 23.5. The number of fused-ring (bicyclic) bond motifs is 1. The zero-order valence-electron chi connectivity index (χ0n) is 17.9. The van der Waals surface area contributed by atoms with Crippen molar-refractivity contribution in [2.75, 3.05) is 27.3 Å². The van der Waals surface area contributed by atoms with Crippen LogP contribution in [0.25, 0.3) is 5.78 Å². The highest BCUT2D eigenvalue weighted by atomic mass is 16.5. The number of carbonyl (C=O) groups excluding carboxylic acids is 1. The fourth-order valence-corrected chi connectivity index (χ4v) is 4.38. The van der Waals surface area contributed by atoms with Gasteiger partial charge in [-0.3, -0.25) is 4.79 Å². The quantitative estimate of drug-likeness (QED) is 0.623. The van der Waals surface area contributed by atoms with E-state index >= 15 is 0 Å². The fourth-order valence-electron chi connectivity index (χ4n) is 4.38. The summed E-state index contributed by atoms with van der Waals surface area (Å²) in [5.74, 6) is 2.49. The number of benzene rings is 1. The number of aromatic nitrogens is 4. The number of methoxy groups -OCH3 is 2. The van der Waals surface area contributed by atoms with Crippen molar-refractivity contribution in [2.45, 2.75) is 39.0 Å². The maximum Gasteiger partial charge on any atom is 0.252 e. The number of amides is 1. The molecule has 0 spiro atoms. The lowest BCUT2D eigenvalue weighted by Gasteiger charge is -2.19. The lowest BCUT2D eigenvalue weighted by molar-refractivity contribution is -0.130. The van der Waals surface area contributed by atoms with Crippen LogP contribution < -0.4 is 9.47 Å². The van der Waals surface area contributed by atoms with Gasteiger partial charge >= 0.3 is 0 Å².